The maximum absolute atomic E-state index is 13.4. The largest absolute Gasteiger partial charge is 0.419 e. The molecule has 0 heterocycles. The van der Waals surface area contributed by atoms with Crippen LogP contribution in [0.15, 0.2) is 0 Å². The Balaban J connectivity index is 3.78. The Morgan fingerprint density at radius 2 is 1.78 bits per heavy atom. The number of halogens is 5. The molecule has 0 aliphatic rings. The molecule has 0 radical (unpaired) electrons. The zero-order chi connectivity index (χ0) is 14.1. The van der Waals surface area contributed by atoms with Gasteiger partial charge in [-0.2, -0.15) is 18.4 Å². The van der Waals surface area contributed by atoms with Crippen LogP contribution in [0.2, 0.25) is 0 Å². The molecular weight excluding hydrogens is 255 g/mol. The Morgan fingerprint density at radius 1 is 1.22 bits per heavy atom. The zero-order valence-corrected chi connectivity index (χ0v) is 9.33. The Labute approximate surface area is 99.8 Å². The van der Waals surface area contributed by atoms with Crippen molar-refractivity contribution in [1.29, 1.82) is 5.26 Å². The van der Waals surface area contributed by atoms with E-state index in [0.717, 1.165) is 0 Å². The van der Waals surface area contributed by atoms with Gasteiger partial charge in [-0.15, -0.1) is 0 Å². The van der Waals surface area contributed by atoms with Crippen LogP contribution in [0.5, 0.6) is 0 Å². The maximum Gasteiger partial charge on any atom is 0.419 e. The van der Waals surface area contributed by atoms with E-state index in [9.17, 15) is 22.0 Å². The van der Waals surface area contributed by atoms with Crippen LogP contribution in [0.25, 0.3) is 0 Å². The van der Waals surface area contributed by atoms with Gasteiger partial charge in [0.1, 0.15) is 6.07 Å². The molecule has 1 aromatic carbocycles. The third kappa shape index (κ3) is 2.23. The zero-order valence-electron chi connectivity index (χ0n) is 9.33. The van der Waals surface area contributed by atoms with E-state index < -0.39 is 40.2 Å². The first-order chi connectivity index (χ1) is 8.25. The molecule has 0 bridgehead atoms. The van der Waals surface area contributed by atoms with Gasteiger partial charge in [0.05, 0.1) is 16.8 Å². The fourth-order valence-electron chi connectivity index (χ4n) is 1.68. The van der Waals surface area contributed by atoms with E-state index in [0.29, 0.717) is 0 Å². The number of nitrogen functional groups attached to an aromatic ring is 1. The summed E-state index contributed by atoms with van der Waals surface area (Å²) in [6.07, 6.45) is -5.05. The minimum Gasteiger partial charge on any atom is -0.395 e. The molecule has 0 atom stereocenters. The smallest absolute Gasteiger partial charge is 0.395 e. The van der Waals surface area contributed by atoms with Gasteiger partial charge in [0.2, 0.25) is 0 Å². The van der Waals surface area contributed by atoms with Crippen molar-refractivity contribution < 1.29 is 22.0 Å². The lowest BCUT2D eigenvalue weighted by molar-refractivity contribution is -0.140. The first kappa shape index (κ1) is 14.2. The Morgan fingerprint density at radius 3 is 2.17 bits per heavy atom. The highest BCUT2D eigenvalue weighted by molar-refractivity contribution is 5.62. The summed E-state index contributed by atoms with van der Waals surface area (Å²) in [5.41, 5.74) is 1.26. The van der Waals surface area contributed by atoms with Crippen molar-refractivity contribution >= 4 is 5.69 Å². The molecule has 0 amide bonds. The number of nitrogens with zero attached hydrogens (tertiary/aromatic N) is 1. The molecular formula is C11H9F5N2. The van der Waals surface area contributed by atoms with Crippen LogP contribution in [0.1, 0.15) is 30.0 Å². The van der Waals surface area contributed by atoms with Gasteiger partial charge in [-0.25, -0.2) is 8.78 Å². The monoisotopic (exact) mass is 264 g/mol. The predicted molar refractivity (Wildman–Crippen MR) is 54.5 cm³/mol. The maximum atomic E-state index is 13.4. The summed E-state index contributed by atoms with van der Waals surface area (Å²) in [4.78, 5) is 0. The molecule has 18 heavy (non-hydrogen) atoms. The molecule has 98 valence electrons. The average Bonchev–Trinajstić information content (AvgIpc) is 2.25. The Bertz CT molecular complexity index is 514. The molecule has 1 rings (SSSR count). The van der Waals surface area contributed by atoms with Gasteiger partial charge in [0.25, 0.3) is 0 Å². The van der Waals surface area contributed by atoms with E-state index >= 15 is 0 Å². The Hall–Kier alpha value is -1.84. The molecule has 0 aliphatic carbocycles. The van der Waals surface area contributed by atoms with Gasteiger partial charge in [-0.3, -0.25) is 0 Å². The molecule has 0 saturated carbocycles. The molecule has 2 nitrogen and oxygen atoms in total. The van der Waals surface area contributed by atoms with E-state index in [1.807, 2.05) is 0 Å². The van der Waals surface area contributed by atoms with Crippen molar-refractivity contribution in [2.75, 3.05) is 5.73 Å². The summed E-state index contributed by atoms with van der Waals surface area (Å²) in [5, 5.41) is 8.74. The van der Waals surface area contributed by atoms with Crippen LogP contribution in [-0.2, 0) is 12.6 Å². The van der Waals surface area contributed by atoms with E-state index in [1.54, 1.807) is 6.92 Å². The second kappa shape index (κ2) is 4.80. The quantitative estimate of drug-likeness (QED) is 0.657. The summed E-state index contributed by atoms with van der Waals surface area (Å²) in [5.74, 6) is -3.89. The van der Waals surface area contributed by atoms with Gasteiger partial charge in [0, 0.05) is 0 Å². The SMILES string of the molecule is CCCc1c(C#N)c(N)c(F)c(F)c1C(F)(F)F. The molecule has 0 aliphatic heterocycles. The molecule has 0 spiro atoms. The first-order valence-corrected chi connectivity index (χ1v) is 5.02. The highest BCUT2D eigenvalue weighted by atomic mass is 19.4. The number of hydrogen-bond acceptors (Lipinski definition) is 2. The van der Waals surface area contributed by atoms with Gasteiger partial charge < -0.3 is 5.73 Å². The van der Waals surface area contributed by atoms with Crippen LogP contribution < -0.4 is 5.73 Å². The highest BCUT2D eigenvalue weighted by Gasteiger charge is 2.40. The van der Waals surface area contributed by atoms with Gasteiger partial charge >= 0.3 is 6.18 Å². The minimum atomic E-state index is -5.07. The van der Waals surface area contributed by atoms with E-state index in [4.69, 9.17) is 11.0 Å². The second-order valence-corrected chi connectivity index (χ2v) is 3.63. The third-order valence-electron chi connectivity index (χ3n) is 2.42. The lowest BCUT2D eigenvalue weighted by Crippen LogP contribution is -2.17. The molecule has 7 heteroatoms. The molecule has 0 aromatic heterocycles. The fourth-order valence-corrected chi connectivity index (χ4v) is 1.68. The van der Waals surface area contributed by atoms with Crippen LogP contribution in [0.3, 0.4) is 0 Å². The topological polar surface area (TPSA) is 49.8 Å². The van der Waals surface area contributed by atoms with Crippen molar-refractivity contribution in [1.82, 2.24) is 0 Å². The van der Waals surface area contributed by atoms with Crippen molar-refractivity contribution in [2.45, 2.75) is 25.9 Å². The highest BCUT2D eigenvalue weighted by Crippen LogP contribution is 2.39. The number of alkyl halides is 3. The van der Waals surface area contributed by atoms with Crippen LogP contribution in [0.4, 0.5) is 27.6 Å². The van der Waals surface area contributed by atoms with Gasteiger partial charge in [-0.05, 0) is 12.0 Å². The van der Waals surface area contributed by atoms with Crippen LogP contribution in [0, 0.1) is 23.0 Å². The normalized spacial score (nSPS) is 11.4. The van der Waals surface area contributed by atoms with Gasteiger partial charge in [-0.1, -0.05) is 13.3 Å². The first-order valence-electron chi connectivity index (χ1n) is 5.02. The van der Waals surface area contributed by atoms with Gasteiger partial charge in [0.15, 0.2) is 11.6 Å². The second-order valence-electron chi connectivity index (χ2n) is 3.63. The van der Waals surface area contributed by atoms with Crippen molar-refractivity contribution in [3.05, 3.63) is 28.3 Å². The fraction of sp³-hybridized carbons (Fsp3) is 0.364. The van der Waals surface area contributed by atoms with Crippen molar-refractivity contribution in [3.63, 3.8) is 0 Å². The standard InChI is InChI=1S/C11H9F5N2/c1-2-3-5-6(4-17)10(18)9(13)8(12)7(5)11(14,15)16/h2-3,18H2,1H3. The molecule has 0 unspecified atom stereocenters. The van der Waals surface area contributed by atoms with Crippen molar-refractivity contribution in [2.24, 2.45) is 0 Å². The lowest BCUT2D eigenvalue weighted by Gasteiger charge is -2.17. The van der Waals surface area contributed by atoms with Crippen molar-refractivity contribution in [3.8, 4) is 6.07 Å². The number of anilines is 1. The number of nitrogens with two attached hydrogens (primary N) is 1. The van der Waals surface area contributed by atoms with Crippen LogP contribution in [-0.4, -0.2) is 0 Å². The van der Waals surface area contributed by atoms with Crippen LogP contribution >= 0.6 is 0 Å². The summed E-state index contributed by atoms with van der Waals surface area (Å²) < 4.78 is 64.7. The predicted octanol–water partition coefficient (Wildman–Crippen LogP) is 3.39. The molecule has 0 saturated heterocycles. The summed E-state index contributed by atoms with van der Waals surface area (Å²) in [6.45, 7) is 1.55. The number of hydrogen-bond donors (Lipinski definition) is 1. The Kier molecular flexibility index (Phi) is 3.79. The molecule has 2 N–H and O–H groups in total. The summed E-state index contributed by atoms with van der Waals surface area (Å²) in [7, 11) is 0. The average molecular weight is 264 g/mol. The van der Waals surface area contributed by atoms with E-state index in [2.05, 4.69) is 0 Å². The molecule has 0 fully saturated rings. The number of benzene rings is 1. The minimum absolute atomic E-state index is 0.209. The van der Waals surface area contributed by atoms with E-state index in [1.165, 1.54) is 6.07 Å². The van der Waals surface area contributed by atoms with E-state index in [-0.39, 0.29) is 12.8 Å². The molecule has 1 aromatic rings. The summed E-state index contributed by atoms with van der Waals surface area (Å²) in [6, 6.07) is 1.40. The number of nitriles is 1. The third-order valence-corrected chi connectivity index (χ3v) is 2.42. The summed E-state index contributed by atoms with van der Waals surface area (Å²) >= 11 is 0. The lowest BCUT2D eigenvalue weighted by atomic mass is 9.95. The number of rotatable bonds is 2.